The van der Waals surface area contributed by atoms with E-state index in [2.05, 4.69) is 24.4 Å². The second kappa shape index (κ2) is 7.01. The molecule has 0 spiro atoms. The molecule has 2 aliphatic rings. The molecule has 1 amide bonds. The van der Waals surface area contributed by atoms with Crippen molar-refractivity contribution in [2.24, 2.45) is 11.8 Å². The zero-order chi connectivity index (χ0) is 16.3. The third-order valence-electron chi connectivity index (χ3n) is 4.17. The molecule has 0 saturated carbocycles. The summed E-state index contributed by atoms with van der Waals surface area (Å²) >= 11 is 0. The van der Waals surface area contributed by atoms with E-state index in [9.17, 15) is 9.90 Å². The highest BCUT2D eigenvalue weighted by Crippen LogP contribution is 2.22. The van der Waals surface area contributed by atoms with Gasteiger partial charge < -0.3 is 20.1 Å². The summed E-state index contributed by atoms with van der Waals surface area (Å²) in [6.07, 6.45) is 6.00. The van der Waals surface area contributed by atoms with E-state index < -0.39 is 5.60 Å². The summed E-state index contributed by atoms with van der Waals surface area (Å²) in [5.74, 6) is 0.721. The minimum absolute atomic E-state index is 0.208. The van der Waals surface area contributed by atoms with Crippen molar-refractivity contribution in [3.05, 3.63) is 12.2 Å². The molecule has 0 radical (unpaired) electrons. The number of ether oxygens (including phenoxy) is 1. The molecule has 2 N–H and O–H groups in total. The smallest absolute Gasteiger partial charge is 0.410 e. The van der Waals surface area contributed by atoms with E-state index in [-0.39, 0.29) is 24.7 Å². The number of hydrogen-bond acceptors (Lipinski definition) is 4. The third kappa shape index (κ3) is 4.99. The fourth-order valence-electron chi connectivity index (χ4n) is 3.28. The molecule has 2 unspecified atom stereocenters. The fraction of sp³-hybridized carbons (Fsp3) is 0.824. The van der Waals surface area contributed by atoms with Crippen molar-refractivity contribution in [3.63, 3.8) is 0 Å². The summed E-state index contributed by atoms with van der Waals surface area (Å²) < 4.78 is 5.49. The van der Waals surface area contributed by atoms with Crippen LogP contribution in [0, 0.1) is 11.8 Å². The normalized spacial score (nSPS) is 32.3. The van der Waals surface area contributed by atoms with Gasteiger partial charge in [0.05, 0.1) is 0 Å². The number of likely N-dealkylation sites (tertiary alicyclic amines) is 1. The lowest BCUT2D eigenvalue weighted by molar-refractivity contribution is 0.0134. The first-order chi connectivity index (χ1) is 10.3. The number of amides is 1. The summed E-state index contributed by atoms with van der Waals surface area (Å²) in [5.41, 5.74) is -0.455. The minimum Gasteiger partial charge on any atom is -0.444 e. The first-order valence-electron chi connectivity index (χ1n) is 8.30. The maximum Gasteiger partial charge on any atom is 0.410 e. The van der Waals surface area contributed by atoms with Gasteiger partial charge in [-0.15, -0.1) is 0 Å². The van der Waals surface area contributed by atoms with Crippen molar-refractivity contribution in [2.45, 2.75) is 58.2 Å². The van der Waals surface area contributed by atoms with Gasteiger partial charge in [0.1, 0.15) is 5.60 Å². The monoisotopic (exact) mass is 310 g/mol. The minimum atomic E-state index is -0.455. The number of carbonyl (C=O) groups is 1. The Kier molecular flexibility index (Phi) is 5.50. The van der Waals surface area contributed by atoms with Gasteiger partial charge in [0.25, 0.3) is 0 Å². The van der Waals surface area contributed by atoms with Crippen LogP contribution in [0.1, 0.15) is 40.5 Å². The van der Waals surface area contributed by atoms with Crippen molar-refractivity contribution >= 4 is 6.09 Å². The van der Waals surface area contributed by atoms with Crippen LogP contribution in [0.25, 0.3) is 0 Å². The van der Waals surface area contributed by atoms with Crippen LogP contribution in [-0.4, -0.2) is 53.5 Å². The summed E-state index contributed by atoms with van der Waals surface area (Å²) in [4.78, 5) is 14.1. The zero-order valence-electron chi connectivity index (χ0n) is 14.2. The van der Waals surface area contributed by atoms with Crippen LogP contribution >= 0.6 is 0 Å². The summed E-state index contributed by atoms with van der Waals surface area (Å²) in [6.45, 7) is 9.51. The quantitative estimate of drug-likeness (QED) is 0.784. The van der Waals surface area contributed by atoms with Gasteiger partial charge in [0.15, 0.2) is 0 Å². The zero-order valence-corrected chi connectivity index (χ0v) is 14.2. The average molecular weight is 310 g/mol. The van der Waals surface area contributed by atoms with Crippen molar-refractivity contribution in [1.82, 2.24) is 10.2 Å². The number of hydrogen-bond donors (Lipinski definition) is 2. The molecule has 1 saturated heterocycles. The molecule has 0 aromatic carbocycles. The molecule has 4 atom stereocenters. The summed E-state index contributed by atoms with van der Waals surface area (Å²) in [5, 5.41) is 12.8. The molecule has 0 aromatic heterocycles. The molecule has 1 aliphatic carbocycles. The number of aliphatic hydroxyl groups excluding tert-OH is 1. The average Bonchev–Trinajstić information content (AvgIpc) is 2.83. The molecule has 126 valence electrons. The lowest BCUT2D eigenvalue weighted by Crippen LogP contribution is -2.53. The van der Waals surface area contributed by atoms with E-state index in [1.54, 1.807) is 0 Å². The van der Waals surface area contributed by atoms with E-state index in [0.29, 0.717) is 18.5 Å². The number of aliphatic hydroxyl groups is 1. The van der Waals surface area contributed by atoms with E-state index in [1.165, 1.54) is 0 Å². The Morgan fingerprint density at radius 2 is 2.05 bits per heavy atom. The number of nitrogens with one attached hydrogen (secondary N) is 1. The predicted molar refractivity (Wildman–Crippen MR) is 86.6 cm³/mol. The van der Waals surface area contributed by atoms with Crippen LogP contribution in [0.15, 0.2) is 12.2 Å². The van der Waals surface area contributed by atoms with Crippen molar-refractivity contribution in [2.75, 3.05) is 19.7 Å². The molecule has 1 aliphatic heterocycles. The van der Waals surface area contributed by atoms with Crippen molar-refractivity contribution < 1.29 is 14.6 Å². The second-order valence-corrected chi connectivity index (χ2v) is 7.76. The molecule has 5 nitrogen and oxygen atoms in total. The molecule has 0 bridgehead atoms. The van der Waals surface area contributed by atoms with Crippen molar-refractivity contribution in [1.29, 1.82) is 0 Å². The first-order valence-corrected chi connectivity index (χ1v) is 8.30. The van der Waals surface area contributed by atoms with Gasteiger partial charge in [0.2, 0.25) is 0 Å². The molecule has 5 heteroatoms. The fourth-order valence-corrected chi connectivity index (χ4v) is 3.28. The molecule has 1 fully saturated rings. The third-order valence-corrected chi connectivity index (χ3v) is 4.17. The molecule has 0 aromatic rings. The Bertz CT molecular complexity index is 417. The molecule has 1 heterocycles. The standard InChI is InChI=1S/C17H30N2O3/c1-12-7-15(18-14-6-5-13(8-14)11-20)10-19(9-12)16(21)22-17(2,3)4/h5-6,12-15,18,20H,7-11H2,1-4H3/t12?,13-,14+,15?/m0/s1. The maximum atomic E-state index is 12.3. The van der Waals surface area contributed by atoms with Gasteiger partial charge in [-0.25, -0.2) is 4.79 Å². The molecular weight excluding hydrogens is 280 g/mol. The first kappa shape index (κ1) is 17.3. The van der Waals surface area contributed by atoms with E-state index in [0.717, 1.165) is 19.4 Å². The highest BCUT2D eigenvalue weighted by atomic mass is 16.6. The highest BCUT2D eigenvalue weighted by molar-refractivity contribution is 5.68. The Morgan fingerprint density at radius 3 is 2.64 bits per heavy atom. The summed E-state index contributed by atoms with van der Waals surface area (Å²) in [6, 6.07) is 0.580. The van der Waals surface area contributed by atoms with Gasteiger partial charge in [-0.2, -0.15) is 0 Å². The van der Waals surface area contributed by atoms with Gasteiger partial charge in [-0.05, 0) is 39.5 Å². The van der Waals surface area contributed by atoms with Crippen LogP contribution in [0.2, 0.25) is 0 Å². The predicted octanol–water partition coefficient (Wildman–Crippen LogP) is 2.16. The maximum absolute atomic E-state index is 12.3. The van der Waals surface area contributed by atoms with Gasteiger partial charge in [0, 0.05) is 37.7 Å². The Balaban J connectivity index is 1.88. The topological polar surface area (TPSA) is 61.8 Å². The number of carbonyl (C=O) groups excluding carboxylic acids is 1. The largest absolute Gasteiger partial charge is 0.444 e. The number of rotatable bonds is 3. The van der Waals surface area contributed by atoms with Crippen LogP contribution in [0.4, 0.5) is 4.79 Å². The van der Waals surface area contributed by atoms with Crippen molar-refractivity contribution in [3.8, 4) is 0 Å². The van der Waals surface area contributed by atoms with Crippen LogP contribution < -0.4 is 5.32 Å². The van der Waals surface area contributed by atoms with Crippen LogP contribution in [0.5, 0.6) is 0 Å². The SMILES string of the molecule is CC1CC(N[C@@H]2C=C[C@H](CO)C2)CN(C(=O)OC(C)(C)C)C1. The van der Waals surface area contributed by atoms with Crippen LogP contribution in [-0.2, 0) is 4.74 Å². The lowest BCUT2D eigenvalue weighted by Gasteiger charge is -2.38. The Hall–Kier alpha value is -1.07. The van der Waals surface area contributed by atoms with Gasteiger partial charge in [-0.1, -0.05) is 19.1 Å². The molecule has 2 rings (SSSR count). The van der Waals surface area contributed by atoms with E-state index in [1.807, 2.05) is 25.7 Å². The molecular formula is C17H30N2O3. The van der Waals surface area contributed by atoms with Gasteiger partial charge in [-0.3, -0.25) is 0 Å². The van der Waals surface area contributed by atoms with E-state index in [4.69, 9.17) is 4.74 Å². The second-order valence-electron chi connectivity index (χ2n) is 7.76. The highest BCUT2D eigenvalue weighted by Gasteiger charge is 2.32. The molecule has 22 heavy (non-hydrogen) atoms. The number of nitrogens with zero attached hydrogens (tertiary/aromatic N) is 1. The summed E-state index contributed by atoms with van der Waals surface area (Å²) in [7, 11) is 0. The number of piperidine rings is 1. The Labute approximate surface area is 133 Å². The Morgan fingerprint density at radius 1 is 1.32 bits per heavy atom. The van der Waals surface area contributed by atoms with Crippen LogP contribution in [0.3, 0.4) is 0 Å². The van der Waals surface area contributed by atoms with E-state index >= 15 is 0 Å². The lowest BCUT2D eigenvalue weighted by atomic mass is 9.95. The van der Waals surface area contributed by atoms with Gasteiger partial charge >= 0.3 is 6.09 Å².